The average Bonchev–Trinajstić information content (AvgIpc) is 3.25. The van der Waals surface area contributed by atoms with Gasteiger partial charge in [0, 0.05) is 46.8 Å². The number of imidazole rings is 1. The molecule has 1 aliphatic heterocycles. The van der Waals surface area contributed by atoms with Gasteiger partial charge in [-0.3, -0.25) is 0 Å². The molecule has 5 rings (SSSR count). The standard InChI is InChI=1S/C23H21FN3OS/c1-29(2)22-9-8-15(13-25-22)16-10-20-18(11-17(16)24)26-23-21(28)12-19(27(20)23)14-6-4-3-5-7-14/h3-11,13,19,21,28H,12H2,1-2H3/q+1/t19-,21-/m1/s1. The second-order valence-corrected chi connectivity index (χ2v) is 9.59. The van der Waals surface area contributed by atoms with Gasteiger partial charge in [0.2, 0.25) is 5.03 Å². The zero-order chi connectivity index (χ0) is 20.1. The van der Waals surface area contributed by atoms with E-state index >= 15 is 0 Å². The van der Waals surface area contributed by atoms with Crippen LogP contribution in [0.25, 0.3) is 22.2 Å². The normalized spacial score (nSPS) is 18.5. The van der Waals surface area contributed by atoms with E-state index in [9.17, 15) is 9.50 Å². The van der Waals surface area contributed by atoms with Crippen molar-refractivity contribution in [2.24, 2.45) is 0 Å². The first-order valence-electron chi connectivity index (χ1n) is 9.51. The lowest BCUT2D eigenvalue weighted by atomic mass is 10.0. The van der Waals surface area contributed by atoms with Gasteiger partial charge in [-0.2, -0.15) is 0 Å². The monoisotopic (exact) mass is 406 g/mol. The maximum absolute atomic E-state index is 14.9. The van der Waals surface area contributed by atoms with Crippen molar-refractivity contribution in [2.75, 3.05) is 12.5 Å². The Bertz CT molecular complexity index is 1190. The molecule has 0 bridgehead atoms. The first-order chi connectivity index (χ1) is 14.0. The molecular formula is C23H21FN3OS+. The molecule has 0 fully saturated rings. The summed E-state index contributed by atoms with van der Waals surface area (Å²) < 4.78 is 17.0. The number of benzene rings is 2. The predicted molar refractivity (Wildman–Crippen MR) is 115 cm³/mol. The fraction of sp³-hybridized carbons (Fsp3) is 0.217. The topological polar surface area (TPSA) is 50.9 Å². The molecule has 0 spiro atoms. The van der Waals surface area contributed by atoms with Gasteiger partial charge in [0.25, 0.3) is 0 Å². The summed E-state index contributed by atoms with van der Waals surface area (Å²) in [6.45, 7) is 0. The van der Waals surface area contributed by atoms with Crippen LogP contribution >= 0.6 is 0 Å². The summed E-state index contributed by atoms with van der Waals surface area (Å²) in [6.07, 6.45) is 5.86. The zero-order valence-corrected chi connectivity index (χ0v) is 17.0. The Morgan fingerprint density at radius 3 is 2.59 bits per heavy atom. The molecular weight excluding hydrogens is 385 g/mol. The number of halogens is 1. The van der Waals surface area contributed by atoms with Crippen LogP contribution in [0.4, 0.5) is 4.39 Å². The Hall–Kier alpha value is -2.70. The number of pyridine rings is 1. The molecule has 0 unspecified atom stereocenters. The maximum Gasteiger partial charge on any atom is 0.246 e. The summed E-state index contributed by atoms with van der Waals surface area (Å²) in [5, 5.41) is 11.6. The van der Waals surface area contributed by atoms with Gasteiger partial charge < -0.3 is 9.67 Å². The van der Waals surface area contributed by atoms with E-state index in [4.69, 9.17) is 0 Å². The van der Waals surface area contributed by atoms with E-state index in [1.807, 2.05) is 36.4 Å². The van der Waals surface area contributed by atoms with Gasteiger partial charge in [0.15, 0.2) is 0 Å². The Labute approximate surface area is 171 Å². The molecule has 1 N–H and O–H groups in total. The largest absolute Gasteiger partial charge is 0.385 e. The number of nitrogens with zero attached hydrogens (tertiary/aromatic N) is 3. The van der Waals surface area contributed by atoms with Crippen molar-refractivity contribution in [1.82, 2.24) is 14.5 Å². The Kier molecular flexibility index (Phi) is 4.41. The number of aliphatic hydroxyl groups excluding tert-OH is 1. The van der Waals surface area contributed by atoms with E-state index in [-0.39, 0.29) is 22.8 Å². The lowest BCUT2D eigenvalue weighted by Gasteiger charge is -2.15. The molecule has 0 radical (unpaired) electrons. The minimum Gasteiger partial charge on any atom is -0.385 e. The van der Waals surface area contributed by atoms with E-state index in [0.717, 1.165) is 21.7 Å². The molecule has 1 aliphatic rings. The summed E-state index contributed by atoms with van der Waals surface area (Å²) in [5.41, 5.74) is 3.74. The summed E-state index contributed by atoms with van der Waals surface area (Å²) in [6, 6.07) is 17.2. The van der Waals surface area contributed by atoms with Gasteiger partial charge in [-0.25, -0.2) is 14.4 Å². The molecule has 146 valence electrons. The van der Waals surface area contributed by atoms with Crippen LogP contribution in [0, 0.1) is 5.82 Å². The van der Waals surface area contributed by atoms with Crippen molar-refractivity contribution in [1.29, 1.82) is 0 Å². The number of hydrogen-bond acceptors (Lipinski definition) is 3. The number of aromatic nitrogens is 3. The van der Waals surface area contributed by atoms with Crippen molar-refractivity contribution in [2.45, 2.75) is 23.6 Å². The van der Waals surface area contributed by atoms with E-state index in [1.165, 1.54) is 6.07 Å². The smallest absolute Gasteiger partial charge is 0.246 e. The first kappa shape index (κ1) is 18.3. The Balaban J connectivity index is 1.67. The SMILES string of the molecule is C[S+](C)c1ccc(-c2cc3c(cc2F)nc2n3[C@@H](c3ccccc3)C[C@H]2O)cn1. The lowest BCUT2D eigenvalue weighted by molar-refractivity contribution is 0.172. The summed E-state index contributed by atoms with van der Waals surface area (Å²) >= 11 is 0. The van der Waals surface area contributed by atoms with E-state index in [1.54, 1.807) is 6.20 Å². The highest BCUT2D eigenvalue weighted by molar-refractivity contribution is 7.95. The average molecular weight is 407 g/mol. The van der Waals surface area contributed by atoms with Gasteiger partial charge in [-0.05, 0) is 17.7 Å². The van der Waals surface area contributed by atoms with Crippen LogP contribution in [0.3, 0.4) is 0 Å². The molecule has 6 heteroatoms. The van der Waals surface area contributed by atoms with Gasteiger partial charge >= 0.3 is 0 Å². The summed E-state index contributed by atoms with van der Waals surface area (Å²) in [4.78, 5) is 9.04. The van der Waals surface area contributed by atoms with Crippen molar-refractivity contribution < 1.29 is 9.50 Å². The summed E-state index contributed by atoms with van der Waals surface area (Å²) in [5.74, 6) is 0.265. The molecule has 2 atom stereocenters. The highest BCUT2D eigenvalue weighted by atomic mass is 32.2. The fourth-order valence-corrected chi connectivity index (χ4v) is 4.69. The number of rotatable bonds is 3. The minimum atomic E-state index is -0.660. The van der Waals surface area contributed by atoms with Crippen LogP contribution < -0.4 is 0 Å². The quantitative estimate of drug-likeness (QED) is 0.510. The van der Waals surface area contributed by atoms with Gasteiger partial charge in [-0.1, -0.05) is 30.3 Å². The number of hydrogen-bond donors (Lipinski definition) is 1. The second kappa shape index (κ2) is 6.97. The van der Waals surface area contributed by atoms with Crippen molar-refractivity contribution in [3.8, 4) is 11.1 Å². The summed E-state index contributed by atoms with van der Waals surface area (Å²) in [7, 11) is 0.0585. The van der Waals surface area contributed by atoms with Gasteiger partial charge in [-0.15, -0.1) is 0 Å². The Morgan fingerprint density at radius 1 is 1.10 bits per heavy atom. The molecule has 0 saturated heterocycles. The third kappa shape index (κ3) is 3.03. The van der Waals surface area contributed by atoms with Crippen LogP contribution in [0.1, 0.15) is 30.0 Å². The molecule has 4 aromatic rings. The molecule has 4 nitrogen and oxygen atoms in total. The van der Waals surface area contributed by atoms with E-state index < -0.39 is 6.10 Å². The van der Waals surface area contributed by atoms with Crippen LogP contribution in [0.2, 0.25) is 0 Å². The predicted octanol–water partition coefficient (Wildman–Crippen LogP) is 4.50. The molecule has 0 saturated carbocycles. The fourth-order valence-electron chi connectivity index (χ4n) is 4.08. The molecule has 29 heavy (non-hydrogen) atoms. The van der Waals surface area contributed by atoms with Crippen molar-refractivity contribution in [3.63, 3.8) is 0 Å². The molecule has 2 aromatic carbocycles. The maximum atomic E-state index is 14.9. The third-order valence-corrected chi connectivity index (χ3v) is 6.59. The molecule has 3 heterocycles. The number of aliphatic hydroxyl groups is 1. The number of fused-ring (bicyclic) bond motifs is 3. The van der Waals surface area contributed by atoms with Crippen LogP contribution in [0.15, 0.2) is 65.8 Å². The van der Waals surface area contributed by atoms with Crippen molar-refractivity contribution in [3.05, 3.63) is 78.0 Å². The first-order valence-corrected chi connectivity index (χ1v) is 11.6. The van der Waals surface area contributed by atoms with Crippen molar-refractivity contribution >= 4 is 21.9 Å². The lowest BCUT2D eigenvalue weighted by Crippen LogP contribution is -2.05. The van der Waals surface area contributed by atoms with Crippen LogP contribution in [0.5, 0.6) is 0 Å². The highest BCUT2D eigenvalue weighted by Gasteiger charge is 2.34. The van der Waals surface area contributed by atoms with Gasteiger partial charge in [0.1, 0.15) is 30.3 Å². The highest BCUT2D eigenvalue weighted by Crippen LogP contribution is 2.42. The van der Waals surface area contributed by atoms with E-state index in [2.05, 4.69) is 39.2 Å². The van der Waals surface area contributed by atoms with Crippen LogP contribution in [-0.2, 0) is 10.9 Å². The Morgan fingerprint density at radius 2 is 1.90 bits per heavy atom. The molecule has 2 aromatic heterocycles. The van der Waals surface area contributed by atoms with E-state index in [0.29, 0.717) is 23.3 Å². The molecule has 0 amide bonds. The zero-order valence-electron chi connectivity index (χ0n) is 16.2. The second-order valence-electron chi connectivity index (χ2n) is 7.54. The minimum absolute atomic E-state index is 0.0212. The van der Waals surface area contributed by atoms with Crippen LogP contribution in [-0.4, -0.2) is 32.2 Å². The third-order valence-electron chi connectivity index (χ3n) is 5.51. The van der Waals surface area contributed by atoms with Gasteiger partial charge in [0.05, 0.1) is 17.1 Å². The molecule has 0 aliphatic carbocycles.